The van der Waals surface area contributed by atoms with E-state index in [4.69, 9.17) is 4.98 Å². The maximum absolute atomic E-state index is 12.7. The first-order valence-electron chi connectivity index (χ1n) is 12.0. The second-order valence-electron chi connectivity index (χ2n) is 9.21. The van der Waals surface area contributed by atoms with Crippen LogP contribution in [0.2, 0.25) is 0 Å². The van der Waals surface area contributed by atoms with Crippen molar-refractivity contribution >= 4 is 27.8 Å². The average molecular weight is 461 g/mol. The minimum absolute atomic E-state index is 0.0281. The molecule has 4 rings (SSSR count). The number of fused-ring (bicyclic) bond motifs is 2. The lowest BCUT2D eigenvalue weighted by atomic mass is 10.0. The van der Waals surface area contributed by atoms with Crippen molar-refractivity contribution in [1.29, 1.82) is 0 Å². The van der Waals surface area contributed by atoms with E-state index in [-0.39, 0.29) is 17.5 Å². The van der Waals surface area contributed by atoms with E-state index >= 15 is 0 Å². The van der Waals surface area contributed by atoms with Gasteiger partial charge in [-0.3, -0.25) is 9.59 Å². The summed E-state index contributed by atoms with van der Waals surface area (Å²) in [5.74, 6) is 1.34. The van der Waals surface area contributed by atoms with Crippen LogP contribution in [0.4, 0.5) is 0 Å². The van der Waals surface area contributed by atoms with Crippen molar-refractivity contribution < 1.29 is 4.79 Å². The number of carbonyl (C=O) groups is 1. The summed E-state index contributed by atoms with van der Waals surface area (Å²) in [6, 6.07) is 15.1. The highest BCUT2D eigenvalue weighted by molar-refractivity contribution is 5.78. The molecular weight excluding hydrogens is 428 g/mol. The number of nitrogens with zero attached hydrogens (tertiary/aromatic N) is 5. The Morgan fingerprint density at radius 2 is 1.74 bits per heavy atom. The monoisotopic (exact) mass is 460 g/mol. The molecule has 1 N–H and O–H groups in total. The number of amides is 1. The third-order valence-electron chi connectivity index (χ3n) is 6.08. The van der Waals surface area contributed by atoms with Crippen LogP contribution in [-0.2, 0) is 18.4 Å². The number of hydrogen-bond donors (Lipinski definition) is 1. The fraction of sp³-hybridized carbons (Fsp3) is 0.423. The van der Waals surface area contributed by atoms with Crippen molar-refractivity contribution in [3.63, 3.8) is 0 Å². The molecule has 1 amide bonds. The lowest BCUT2D eigenvalue weighted by molar-refractivity contribution is -0.122. The average Bonchev–Trinajstić information content (AvgIpc) is 3.16. The highest BCUT2D eigenvalue weighted by Gasteiger charge is 2.21. The smallest absolute Gasteiger partial charge is 0.277 e. The number of para-hydroxylation sites is 2. The van der Waals surface area contributed by atoms with Gasteiger partial charge >= 0.3 is 0 Å². The first-order chi connectivity index (χ1) is 16.4. The van der Waals surface area contributed by atoms with E-state index < -0.39 is 0 Å². The third-order valence-corrected chi connectivity index (χ3v) is 6.08. The quantitative estimate of drug-likeness (QED) is 0.359. The van der Waals surface area contributed by atoms with Crippen molar-refractivity contribution in [1.82, 2.24) is 29.9 Å². The summed E-state index contributed by atoms with van der Waals surface area (Å²) in [6.45, 7) is 4.80. The molecule has 2 heterocycles. The van der Waals surface area contributed by atoms with E-state index in [1.807, 2.05) is 43.4 Å². The predicted octanol–water partition coefficient (Wildman–Crippen LogP) is 4.14. The molecule has 0 spiro atoms. The largest absolute Gasteiger partial charge is 0.346 e. The molecule has 8 nitrogen and oxygen atoms in total. The summed E-state index contributed by atoms with van der Waals surface area (Å²) in [6.07, 6.45) is 3.61. The Bertz CT molecular complexity index is 1340. The summed E-state index contributed by atoms with van der Waals surface area (Å²) in [7, 11) is 2.00. The second-order valence-corrected chi connectivity index (χ2v) is 9.21. The summed E-state index contributed by atoms with van der Waals surface area (Å²) in [5, 5.41) is 11.9. The highest BCUT2D eigenvalue weighted by atomic mass is 16.1. The molecule has 0 fully saturated rings. The van der Waals surface area contributed by atoms with Crippen LogP contribution in [0.25, 0.3) is 21.9 Å². The number of aryl methyl sites for hydroxylation is 2. The molecule has 0 saturated carbocycles. The fourth-order valence-electron chi connectivity index (χ4n) is 4.34. The van der Waals surface area contributed by atoms with Crippen molar-refractivity contribution in [2.45, 2.75) is 58.5 Å². The van der Waals surface area contributed by atoms with E-state index in [1.165, 1.54) is 4.68 Å². The zero-order valence-electron chi connectivity index (χ0n) is 20.1. The molecule has 8 heteroatoms. The summed E-state index contributed by atoms with van der Waals surface area (Å²) in [4.78, 5) is 30.1. The van der Waals surface area contributed by atoms with Crippen LogP contribution in [0.1, 0.15) is 57.8 Å². The van der Waals surface area contributed by atoms with Gasteiger partial charge in [-0.1, -0.05) is 49.7 Å². The van der Waals surface area contributed by atoms with Crippen LogP contribution in [0.3, 0.4) is 0 Å². The van der Waals surface area contributed by atoms with Gasteiger partial charge in [0, 0.05) is 20.0 Å². The minimum Gasteiger partial charge on any atom is -0.346 e. The molecular formula is C26H32N6O2. The summed E-state index contributed by atoms with van der Waals surface area (Å²) >= 11 is 0. The maximum Gasteiger partial charge on any atom is 0.277 e. The zero-order chi connectivity index (χ0) is 24.1. The number of imidazole rings is 1. The Morgan fingerprint density at radius 1 is 1.00 bits per heavy atom. The second kappa shape index (κ2) is 10.6. The SMILES string of the molecule is CC(C)CC(NC(=O)CCCCCn1nnc2ccccc2c1=O)c1nc2ccccc2n1C. The fourth-order valence-corrected chi connectivity index (χ4v) is 4.34. The topological polar surface area (TPSA) is 94.7 Å². The normalized spacial score (nSPS) is 12.5. The Kier molecular flexibility index (Phi) is 7.35. The van der Waals surface area contributed by atoms with Crippen LogP contribution in [0.15, 0.2) is 53.3 Å². The number of benzene rings is 2. The molecule has 4 aromatic rings. The molecule has 178 valence electrons. The molecule has 2 aromatic carbocycles. The Morgan fingerprint density at radius 3 is 2.50 bits per heavy atom. The third kappa shape index (κ3) is 5.32. The number of hydrogen-bond acceptors (Lipinski definition) is 5. The summed E-state index contributed by atoms with van der Waals surface area (Å²) in [5.41, 5.74) is 2.49. The van der Waals surface area contributed by atoms with E-state index in [2.05, 4.69) is 34.0 Å². The Hall–Kier alpha value is -3.55. The van der Waals surface area contributed by atoms with Gasteiger partial charge < -0.3 is 9.88 Å². The molecule has 0 aliphatic rings. The number of aromatic nitrogens is 5. The zero-order valence-corrected chi connectivity index (χ0v) is 20.1. The van der Waals surface area contributed by atoms with Gasteiger partial charge in [0.2, 0.25) is 5.91 Å². The number of nitrogens with one attached hydrogen (secondary N) is 1. The van der Waals surface area contributed by atoms with E-state index in [0.717, 1.165) is 42.5 Å². The van der Waals surface area contributed by atoms with Crippen molar-refractivity contribution in [2.24, 2.45) is 13.0 Å². The van der Waals surface area contributed by atoms with Gasteiger partial charge in [0.15, 0.2) is 0 Å². The number of unbranched alkanes of at least 4 members (excludes halogenated alkanes) is 2. The first-order valence-corrected chi connectivity index (χ1v) is 12.0. The van der Waals surface area contributed by atoms with Gasteiger partial charge in [0.25, 0.3) is 5.56 Å². The van der Waals surface area contributed by atoms with Gasteiger partial charge in [-0.15, -0.1) is 5.10 Å². The molecule has 1 atom stereocenters. The predicted molar refractivity (Wildman–Crippen MR) is 133 cm³/mol. The van der Waals surface area contributed by atoms with Crippen molar-refractivity contribution in [3.05, 3.63) is 64.7 Å². The molecule has 0 aliphatic heterocycles. The molecule has 1 unspecified atom stereocenters. The lowest BCUT2D eigenvalue weighted by Crippen LogP contribution is -2.31. The van der Waals surface area contributed by atoms with Gasteiger partial charge in [-0.2, -0.15) is 0 Å². The van der Waals surface area contributed by atoms with Crippen LogP contribution in [0.5, 0.6) is 0 Å². The molecule has 0 bridgehead atoms. The number of carbonyl (C=O) groups excluding carboxylic acids is 1. The van der Waals surface area contributed by atoms with Crippen LogP contribution in [-0.4, -0.2) is 30.5 Å². The van der Waals surface area contributed by atoms with E-state index in [0.29, 0.717) is 29.8 Å². The summed E-state index contributed by atoms with van der Waals surface area (Å²) < 4.78 is 3.48. The highest BCUT2D eigenvalue weighted by Crippen LogP contribution is 2.24. The van der Waals surface area contributed by atoms with Gasteiger partial charge in [0.05, 0.1) is 22.5 Å². The molecule has 0 radical (unpaired) electrons. The minimum atomic E-state index is -0.128. The van der Waals surface area contributed by atoms with Gasteiger partial charge in [-0.05, 0) is 49.4 Å². The van der Waals surface area contributed by atoms with Crippen LogP contribution >= 0.6 is 0 Å². The Labute approximate surface area is 199 Å². The molecule has 0 saturated heterocycles. The first kappa shape index (κ1) is 23.6. The molecule has 2 aromatic heterocycles. The van der Waals surface area contributed by atoms with Crippen molar-refractivity contribution in [2.75, 3.05) is 0 Å². The van der Waals surface area contributed by atoms with E-state index in [9.17, 15) is 9.59 Å². The van der Waals surface area contributed by atoms with E-state index in [1.54, 1.807) is 12.1 Å². The number of rotatable bonds is 10. The van der Waals surface area contributed by atoms with Crippen LogP contribution in [0, 0.1) is 5.92 Å². The Balaban J connectivity index is 1.31. The van der Waals surface area contributed by atoms with Gasteiger partial charge in [-0.25, -0.2) is 9.67 Å². The standard InChI is InChI=1S/C26H32N6O2/c1-18(2)17-22(25-28-21-13-8-9-14-23(21)31(25)3)27-24(33)15-5-4-10-16-32-26(34)19-11-6-7-12-20(19)29-30-32/h6-9,11-14,18,22H,4-5,10,15-17H2,1-3H3,(H,27,33). The van der Waals surface area contributed by atoms with Gasteiger partial charge in [0.1, 0.15) is 11.3 Å². The maximum atomic E-state index is 12.7. The molecule has 34 heavy (non-hydrogen) atoms. The van der Waals surface area contributed by atoms with Crippen molar-refractivity contribution in [3.8, 4) is 0 Å². The lowest BCUT2D eigenvalue weighted by Gasteiger charge is -2.20. The molecule has 0 aliphatic carbocycles. The van der Waals surface area contributed by atoms with Crippen LogP contribution < -0.4 is 10.9 Å².